The first-order chi connectivity index (χ1) is 8.97. The average molecular weight is 266 g/mol. The fourth-order valence-electron chi connectivity index (χ4n) is 1.59. The predicted molar refractivity (Wildman–Crippen MR) is 64.3 cm³/mol. The van der Waals surface area contributed by atoms with Crippen LogP contribution in [0.1, 0.15) is 12.0 Å². The van der Waals surface area contributed by atoms with E-state index in [-0.39, 0.29) is 12.1 Å². The van der Waals surface area contributed by atoms with Gasteiger partial charge in [0.05, 0.1) is 0 Å². The van der Waals surface area contributed by atoms with Gasteiger partial charge in [-0.3, -0.25) is 4.79 Å². The lowest BCUT2D eigenvalue weighted by molar-refractivity contribution is -0.129. The van der Waals surface area contributed by atoms with E-state index >= 15 is 0 Å². The van der Waals surface area contributed by atoms with Crippen molar-refractivity contribution in [2.24, 2.45) is 5.16 Å². The van der Waals surface area contributed by atoms with Crippen LogP contribution in [0.4, 0.5) is 10.1 Å². The molecule has 1 aromatic carbocycles. The highest BCUT2D eigenvalue weighted by Gasteiger charge is 2.31. The SMILES string of the molecule is Cc1ccc(F)cc1NC(=O)C1CC(C(=O)O)=NO1. The minimum absolute atomic E-state index is 0.116. The number of carboxylic acid groups (broad SMARTS) is 1. The minimum atomic E-state index is -1.22. The molecule has 100 valence electrons. The van der Waals surface area contributed by atoms with Crippen LogP contribution < -0.4 is 5.32 Å². The van der Waals surface area contributed by atoms with E-state index in [1.54, 1.807) is 6.92 Å². The third-order valence-corrected chi connectivity index (χ3v) is 2.67. The van der Waals surface area contributed by atoms with Gasteiger partial charge in [0, 0.05) is 12.1 Å². The highest BCUT2D eigenvalue weighted by atomic mass is 19.1. The lowest BCUT2D eigenvalue weighted by Gasteiger charge is -2.11. The molecule has 1 atom stereocenters. The largest absolute Gasteiger partial charge is 0.477 e. The molecular weight excluding hydrogens is 255 g/mol. The first kappa shape index (κ1) is 13.0. The number of benzene rings is 1. The number of halogens is 1. The lowest BCUT2D eigenvalue weighted by Crippen LogP contribution is -2.29. The number of carbonyl (C=O) groups is 2. The zero-order valence-corrected chi connectivity index (χ0v) is 10.0. The number of aliphatic carboxylic acids is 1. The summed E-state index contributed by atoms with van der Waals surface area (Å²) in [5.41, 5.74) is 0.792. The molecule has 0 spiro atoms. The molecule has 0 bridgehead atoms. The Hall–Kier alpha value is -2.44. The molecule has 0 aliphatic carbocycles. The summed E-state index contributed by atoms with van der Waals surface area (Å²) in [5.74, 6) is -2.26. The predicted octanol–water partition coefficient (Wildman–Crippen LogP) is 1.30. The summed E-state index contributed by atoms with van der Waals surface area (Å²) in [6.07, 6.45) is -1.12. The zero-order chi connectivity index (χ0) is 14.0. The van der Waals surface area contributed by atoms with Gasteiger partial charge in [-0.15, -0.1) is 0 Å². The molecule has 19 heavy (non-hydrogen) atoms. The number of hydrogen-bond donors (Lipinski definition) is 2. The van der Waals surface area contributed by atoms with Crippen molar-refractivity contribution >= 4 is 23.3 Å². The maximum absolute atomic E-state index is 13.1. The Kier molecular flexibility index (Phi) is 3.46. The van der Waals surface area contributed by atoms with Crippen LogP contribution in [0, 0.1) is 12.7 Å². The highest BCUT2D eigenvalue weighted by Crippen LogP contribution is 2.18. The van der Waals surface area contributed by atoms with E-state index in [1.807, 2.05) is 0 Å². The van der Waals surface area contributed by atoms with Gasteiger partial charge in [-0.2, -0.15) is 0 Å². The van der Waals surface area contributed by atoms with Crippen LogP contribution in [0.15, 0.2) is 23.4 Å². The first-order valence-electron chi connectivity index (χ1n) is 5.50. The third kappa shape index (κ3) is 2.87. The van der Waals surface area contributed by atoms with Gasteiger partial charge >= 0.3 is 5.97 Å². The van der Waals surface area contributed by atoms with Crippen LogP contribution in [0.3, 0.4) is 0 Å². The molecule has 0 aromatic heterocycles. The molecule has 6 nitrogen and oxygen atoms in total. The summed E-state index contributed by atoms with van der Waals surface area (Å²) in [6, 6.07) is 3.99. The van der Waals surface area contributed by atoms with Crippen LogP contribution >= 0.6 is 0 Å². The average Bonchev–Trinajstić information content (AvgIpc) is 2.83. The number of nitrogens with zero attached hydrogens (tertiary/aromatic N) is 1. The van der Waals surface area contributed by atoms with Crippen LogP contribution in [0.5, 0.6) is 0 Å². The van der Waals surface area contributed by atoms with Crippen molar-refractivity contribution in [3.05, 3.63) is 29.6 Å². The zero-order valence-electron chi connectivity index (χ0n) is 10.0. The van der Waals surface area contributed by atoms with Gasteiger partial charge in [0.15, 0.2) is 5.71 Å². The van der Waals surface area contributed by atoms with Gasteiger partial charge in [0.2, 0.25) is 6.10 Å². The molecule has 0 saturated carbocycles. The monoisotopic (exact) mass is 266 g/mol. The van der Waals surface area contributed by atoms with Crippen LogP contribution in [-0.4, -0.2) is 28.8 Å². The van der Waals surface area contributed by atoms with E-state index in [9.17, 15) is 14.0 Å². The molecular formula is C12H11FN2O4. The molecule has 1 aliphatic heterocycles. The summed E-state index contributed by atoms with van der Waals surface area (Å²) in [4.78, 5) is 27.2. The Balaban J connectivity index is 2.03. The van der Waals surface area contributed by atoms with E-state index in [0.29, 0.717) is 11.3 Å². The Labute approximate surface area is 107 Å². The van der Waals surface area contributed by atoms with Gasteiger partial charge in [0.1, 0.15) is 5.82 Å². The van der Waals surface area contributed by atoms with E-state index in [0.717, 1.165) is 0 Å². The molecule has 7 heteroatoms. The Morgan fingerprint density at radius 1 is 1.53 bits per heavy atom. The highest BCUT2D eigenvalue weighted by molar-refractivity contribution is 6.36. The molecule has 1 amide bonds. The fourth-order valence-corrected chi connectivity index (χ4v) is 1.59. The minimum Gasteiger partial charge on any atom is -0.477 e. The number of oxime groups is 1. The Morgan fingerprint density at radius 2 is 2.26 bits per heavy atom. The van der Waals surface area contributed by atoms with Crippen LogP contribution in [0.2, 0.25) is 0 Å². The molecule has 0 fully saturated rings. The topological polar surface area (TPSA) is 88.0 Å². The molecule has 2 N–H and O–H groups in total. The maximum Gasteiger partial charge on any atom is 0.353 e. The Bertz CT molecular complexity index is 571. The molecule has 1 unspecified atom stereocenters. The molecule has 0 radical (unpaired) electrons. The van der Waals surface area contributed by atoms with Gasteiger partial charge in [0.25, 0.3) is 5.91 Å². The molecule has 1 heterocycles. The second-order valence-corrected chi connectivity index (χ2v) is 4.09. The number of aryl methyl sites for hydroxylation is 1. The smallest absolute Gasteiger partial charge is 0.353 e. The number of nitrogens with one attached hydrogen (secondary N) is 1. The van der Waals surface area contributed by atoms with Gasteiger partial charge < -0.3 is 15.3 Å². The van der Waals surface area contributed by atoms with Crippen molar-refractivity contribution in [3.8, 4) is 0 Å². The number of anilines is 1. The number of amides is 1. The van der Waals surface area contributed by atoms with Crippen molar-refractivity contribution in [1.82, 2.24) is 0 Å². The quantitative estimate of drug-likeness (QED) is 0.863. The van der Waals surface area contributed by atoms with Crippen LogP contribution in [-0.2, 0) is 14.4 Å². The standard InChI is InChI=1S/C12H11FN2O4/c1-6-2-3-7(13)4-8(6)14-11(16)10-5-9(12(17)18)15-19-10/h2-4,10H,5H2,1H3,(H,14,16)(H,17,18). The molecule has 1 aliphatic rings. The summed E-state index contributed by atoms with van der Waals surface area (Å²) in [7, 11) is 0. The van der Waals surface area contributed by atoms with Gasteiger partial charge in [-0.05, 0) is 24.6 Å². The van der Waals surface area contributed by atoms with E-state index < -0.39 is 23.8 Å². The lowest BCUT2D eigenvalue weighted by atomic mass is 10.1. The molecule has 2 rings (SSSR count). The summed E-state index contributed by atoms with van der Waals surface area (Å²) < 4.78 is 13.1. The first-order valence-corrected chi connectivity index (χ1v) is 5.50. The third-order valence-electron chi connectivity index (χ3n) is 2.67. The van der Waals surface area contributed by atoms with E-state index in [4.69, 9.17) is 9.94 Å². The van der Waals surface area contributed by atoms with E-state index in [1.165, 1.54) is 18.2 Å². The van der Waals surface area contributed by atoms with Crippen molar-refractivity contribution in [2.45, 2.75) is 19.4 Å². The molecule has 1 aromatic rings. The summed E-state index contributed by atoms with van der Waals surface area (Å²) in [6.45, 7) is 1.71. The van der Waals surface area contributed by atoms with Crippen molar-refractivity contribution in [2.75, 3.05) is 5.32 Å². The van der Waals surface area contributed by atoms with Gasteiger partial charge in [-0.1, -0.05) is 11.2 Å². The number of rotatable bonds is 3. The Morgan fingerprint density at radius 3 is 2.89 bits per heavy atom. The van der Waals surface area contributed by atoms with Crippen molar-refractivity contribution in [1.29, 1.82) is 0 Å². The van der Waals surface area contributed by atoms with Crippen molar-refractivity contribution in [3.63, 3.8) is 0 Å². The second-order valence-electron chi connectivity index (χ2n) is 4.09. The second kappa shape index (κ2) is 5.05. The number of hydrogen-bond acceptors (Lipinski definition) is 4. The summed E-state index contributed by atoms with van der Waals surface area (Å²) in [5, 5.41) is 14.5. The normalized spacial score (nSPS) is 17.6. The number of carboxylic acids is 1. The summed E-state index contributed by atoms with van der Waals surface area (Å²) >= 11 is 0. The number of carbonyl (C=O) groups excluding carboxylic acids is 1. The maximum atomic E-state index is 13.1. The van der Waals surface area contributed by atoms with E-state index in [2.05, 4.69) is 10.5 Å². The van der Waals surface area contributed by atoms with Gasteiger partial charge in [-0.25, -0.2) is 9.18 Å². The van der Waals surface area contributed by atoms with Crippen molar-refractivity contribution < 1.29 is 23.9 Å². The van der Waals surface area contributed by atoms with Crippen LogP contribution in [0.25, 0.3) is 0 Å². The molecule has 0 saturated heterocycles. The fraction of sp³-hybridized carbons (Fsp3) is 0.250.